The first kappa shape index (κ1) is 28.5. The second-order valence-corrected chi connectivity index (χ2v) is 11.2. The quantitative estimate of drug-likeness (QED) is 0.206. The fraction of sp³-hybridized carbons (Fsp3) is 0.419. The average Bonchev–Trinajstić information content (AvgIpc) is 3.34. The van der Waals surface area contributed by atoms with Crippen molar-refractivity contribution in [1.82, 2.24) is 24.6 Å². The molecule has 1 saturated heterocycles. The third-order valence-electron chi connectivity index (χ3n) is 6.87. The van der Waals surface area contributed by atoms with Crippen LogP contribution in [0.25, 0.3) is 22.3 Å². The van der Waals surface area contributed by atoms with E-state index in [1.165, 1.54) is 6.33 Å². The summed E-state index contributed by atoms with van der Waals surface area (Å²) in [5.41, 5.74) is 8.29. The van der Waals surface area contributed by atoms with E-state index in [9.17, 15) is 4.79 Å². The number of nitrogen functional groups attached to an aromatic ring is 1. The molecular formula is C31H38N6O4. The minimum atomic E-state index is -0.480. The number of nitrogens with zero attached hydrogens (tertiary/aromatic N) is 5. The Bertz CT molecular complexity index is 1450. The number of carbonyl (C=O) groups excluding carboxylic acids is 1. The summed E-state index contributed by atoms with van der Waals surface area (Å²) in [5.74, 6) is 1.69. The van der Waals surface area contributed by atoms with E-state index in [2.05, 4.69) is 14.9 Å². The number of hydrogen-bond donors (Lipinski definition) is 1. The van der Waals surface area contributed by atoms with Crippen molar-refractivity contribution >= 4 is 22.8 Å². The predicted octanol–water partition coefficient (Wildman–Crippen LogP) is 5.25. The van der Waals surface area contributed by atoms with Crippen molar-refractivity contribution in [2.24, 2.45) is 0 Å². The molecule has 41 heavy (non-hydrogen) atoms. The van der Waals surface area contributed by atoms with Gasteiger partial charge >= 0.3 is 5.97 Å². The van der Waals surface area contributed by atoms with Gasteiger partial charge in [0, 0.05) is 18.7 Å². The van der Waals surface area contributed by atoms with Gasteiger partial charge in [-0.3, -0.25) is 9.69 Å². The van der Waals surface area contributed by atoms with Crippen LogP contribution in [0.3, 0.4) is 0 Å². The number of rotatable bonds is 10. The Morgan fingerprint density at radius 1 is 1.02 bits per heavy atom. The van der Waals surface area contributed by atoms with Crippen molar-refractivity contribution in [1.29, 1.82) is 0 Å². The first-order valence-electron chi connectivity index (χ1n) is 14.1. The summed E-state index contributed by atoms with van der Waals surface area (Å²) < 4.78 is 19.0. The molecule has 0 bridgehead atoms. The van der Waals surface area contributed by atoms with E-state index in [0.29, 0.717) is 19.0 Å². The lowest BCUT2D eigenvalue weighted by Gasteiger charge is -2.32. The van der Waals surface area contributed by atoms with Gasteiger partial charge in [-0.25, -0.2) is 14.6 Å². The van der Waals surface area contributed by atoms with Crippen molar-refractivity contribution in [3.63, 3.8) is 0 Å². The second kappa shape index (κ2) is 12.7. The molecule has 2 aromatic carbocycles. The molecule has 0 unspecified atom stereocenters. The first-order valence-corrected chi connectivity index (χ1v) is 14.1. The van der Waals surface area contributed by atoms with E-state index in [0.717, 1.165) is 66.3 Å². The van der Waals surface area contributed by atoms with E-state index in [-0.39, 0.29) is 18.4 Å². The van der Waals surface area contributed by atoms with Gasteiger partial charge < -0.3 is 19.9 Å². The number of nitrogens with two attached hydrogens (primary N) is 1. The number of aromatic nitrogens is 4. The molecule has 0 spiro atoms. The maximum absolute atomic E-state index is 11.9. The maximum Gasteiger partial charge on any atom is 0.308 e. The molecule has 1 aliphatic rings. The highest BCUT2D eigenvalue weighted by Gasteiger charge is 2.26. The van der Waals surface area contributed by atoms with Gasteiger partial charge in [-0.05, 0) is 76.6 Å². The lowest BCUT2D eigenvalue weighted by molar-refractivity contribution is -0.156. The highest BCUT2D eigenvalue weighted by atomic mass is 16.6. The van der Waals surface area contributed by atoms with Crippen LogP contribution in [-0.2, 0) is 14.3 Å². The number of esters is 1. The van der Waals surface area contributed by atoms with Gasteiger partial charge in [-0.1, -0.05) is 18.2 Å². The molecule has 0 radical (unpaired) electrons. The number of para-hydroxylation sites is 1. The smallest absolute Gasteiger partial charge is 0.308 e. The van der Waals surface area contributed by atoms with Gasteiger partial charge in [0.2, 0.25) is 0 Å². The Hall–Kier alpha value is -4.02. The Morgan fingerprint density at radius 2 is 1.78 bits per heavy atom. The SMILES string of the molecule is CC(C)(C)OC(=O)CCOCCN1CCC[C@@H](n2nc(-c3ccc(Oc4ccccc4)cc3)c3c(N)ncnc32)C1. The number of benzene rings is 2. The van der Waals surface area contributed by atoms with Crippen LogP contribution in [0.1, 0.15) is 46.1 Å². The molecule has 10 nitrogen and oxygen atoms in total. The largest absolute Gasteiger partial charge is 0.460 e. The van der Waals surface area contributed by atoms with Crippen LogP contribution in [0.4, 0.5) is 5.82 Å². The molecule has 1 aliphatic heterocycles. The van der Waals surface area contributed by atoms with Crippen LogP contribution in [-0.4, -0.2) is 69.1 Å². The van der Waals surface area contributed by atoms with Crippen LogP contribution in [0.5, 0.6) is 11.5 Å². The van der Waals surface area contributed by atoms with Crippen molar-refractivity contribution in [2.45, 2.75) is 51.7 Å². The summed E-state index contributed by atoms with van der Waals surface area (Å²) in [5, 5.41) is 5.79. The first-order chi connectivity index (χ1) is 19.8. The summed E-state index contributed by atoms with van der Waals surface area (Å²) >= 11 is 0. The average molecular weight is 559 g/mol. The van der Waals surface area contributed by atoms with Gasteiger partial charge in [-0.2, -0.15) is 5.10 Å². The zero-order valence-electron chi connectivity index (χ0n) is 24.0. The minimum Gasteiger partial charge on any atom is -0.460 e. The number of anilines is 1. The number of carbonyl (C=O) groups is 1. The highest BCUT2D eigenvalue weighted by Crippen LogP contribution is 2.34. The lowest BCUT2D eigenvalue weighted by atomic mass is 10.1. The van der Waals surface area contributed by atoms with Gasteiger partial charge in [0.05, 0.1) is 31.1 Å². The molecule has 2 N–H and O–H groups in total. The predicted molar refractivity (Wildman–Crippen MR) is 158 cm³/mol. The molecule has 2 aromatic heterocycles. The Labute approximate surface area is 240 Å². The minimum absolute atomic E-state index is 0.136. The fourth-order valence-corrected chi connectivity index (χ4v) is 5.04. The molecule has 1 fully saturated rings. The standard InChI is InChI=1S/C31H38N6O4/c1-31(2,3)41-26(38)15-18-39-19-17-36-16-7-8-23(20-36)37-30-27(29(32)33-21-34-30)28(35-37)22-11-13-25(14-12-22)40-24-9-5-4-6-10-24/h4-6,9-14,21,23H,7-8,15-20H2,1-3H3,(H2,32,33,34)/t23-/m1/s1. The van der Waals surface area contributed by atoms with Gasteiger partial charge in [0.1, 0.15) is 34.9 Å². The molecule has 0 amide bonds. The molecule has 0 saturated carbocycles. The maximum atomic E-state index is 11.9. The number of likely N-dealkylation sites (tertiary alicyclic amines) is 1. The van der Waals surface area contributed by atoms with Crippen molar-refractivity contribution in [3.8, 4) is 22.8 Å². The molecule has 3 heterocycles. The molecule has 1 atom stereocenters. The van der Waals surface area contributed by atoms with E-state index >= 15 is 0 Å². The summed E-state index contributed by atoms with van der Waals surface area (Å²) in [6.45, 7) is 9.07. The molecule has 216 valence electrons. The van der Waals surface area contributed by atoms with E-state index in [1.807, 2.05) is 80.1 Å². The third-order valence-corrected chi connectivity index (χ3v) is 6.87. The zero-order chi connectivity index (χ0) is 28.8. The monoisotopic (exact) mass is 558 g/mol. The van der Waals surface area contributed by atoms with Crippen LogP contribution in [0, 0.1) is 0 Å². The highest BCUT2D eigenvalue weighted by molar-refractivity contribution is 5.98. The Kier molecular flexibility index (Phi) is 8.80. The molecule has 0 aliphatic carbocycles. The molecule has 10 heteroatoms. The van der Waals surface area contributed by atoms with Crippen molar-refractivity contribution in [2.75, 3.05) is 38.6 Å². The van der Waals surface area contributed by atoms with Gasteiger partial charge in [-0.15, -0.1) is 0 Å². The summed E-state index contributed by atoms with van der Waals surface area (Å²) in [6.07, 6.45) is 3.77. The molecule has 4 aromatic rings. The van der Waals surface area contributed by atoms with E-state index in [4.69, 9.17) is 25.0 Å². The fourth-order valence-electron chi connectivity index (χ4n) is 5.04. The van der Waals surface area contributed by atoms with Gasteiger partial charge in [0.25, 0.3) is 0 Å². The molecule has 5 rings (SSSR count). The summed E-state index contributed by atoms with van der Waals surface area (Å²) in [6, 6.07) is 17.6. The summed E-state index contributed by atoms with van der Waals surface area (Å²) in [7, 11) is 0. The normalized spacial score (nSPS) is 16.1. The van der Waals surface area contributed by atoms with E-state index in [1.54, 1.807) is 0 Å². The van der Waals surface area contributed by atoms with Gasteiger partial charge in [0.15, 0.2) is 5.65 Å². The zero-order valence-corrected chi connectivity index (χ0v) is 24.0. The number of ether oxygens (including phenoxy) is 3. The number of fused-ring (bicyclic) bond motifs is 1. The molecular weight excluding hydrogens is 520 g/mol. The topological polar surface area (TPSA) is 118 Å². The third kappa shape index (κ3) is 7.39. The van der Waals surface area contributed by atoms with Crippen LogP contribution >= 0.6 is 0 Å². The van der Waals surface area contributed by atoms with Crippen molar-refractivity contribution in [3.05, 3.63) is 60.9 Å². The van der Waals surface area contributed by atoms with Crippen LogP contribution in [0.2, 0.25) is 0 Å². The number of hydrogen-bond acceptors (Lipinski definition) is 9. The second-order valence-electron chi connectivity index (χ2n) is 11.2. The Balaban J connectivity index is 1.25. The van der Waals surface area contributed by atoms with Crippen LogP contribution < -0.4 is 10.5 Å². The Morgan fingerprint density at radius 3 is 2.54 bits per heavy atom. The van der Waals surface area contributed by atoms with Crippen LogP contribution in [0.15, 0.2) is 60.9 Å². The van der Waals surface area contributed by atoms with Crippen molar-refractivity contribution < 1.29 is 19.0 Å². The van der Waals surface area contributed by atoms with E-state index < -0.39 is 5.60 Å². The summed E-state index contributed by atoms with van der Waals surface area (Å²) in [4.78, 5) is 23.1. The lowest BCUT2D eigenvalue weighted by Crippen LogP contribution is -2.39. The number of piperidine rings is 1.